The number of halogens is 3. The Morgan fingerprint density at radius 3 is 2.55 bits per heavy atom. The smallest absolute Gasteiger partial charge is 0.387 e. The van der Waals surface area contributed by atoms with Crippen LogP contribution in [0.15, 0.2) is 24.3 Å². The number of ether oxygens (including phenoxy) is 1. The van der Waals surface area contributed by atoms with Crippen LogP contribution in [0.4, 0.5) is 8.78 Å². The van der Waals surface area contributed by atoms with Gasteiger partial charge in [-0.05, 0) is 36.3 Å². The molecule has 0 aliphatic heterocycles. The van der Waals surface area contributed by atoms with E-state index in [0.29, 0.717) is 5.56 Å². The van der Waals surface area contributed by atoms with Crippen molar-refractivity contribution >= 4 is 29.4 Å². The molecule has 0 spiro atoms. The number of Topliss-reactive ketones (excluding diaryl/α,β-unsaturated/α-hetero) is 1. The molecule has 0 aliphatic rings. The first-order valence-corrected chi connectivity index (χ1v) is 5.89. The summed E-state index contributed by atoms with van der Waals surface area (Å²) in [5, 5.41) is 7.59. The highest BCUT2D eigenvalue weighted by atomic mass is 35.5. The minimum Gasteiger partial charge on any atom is -0.478 e. The van der Waals surface area contributed by atoms with E-state index in [4.69, 9.17) is 16.7 Å². The molecule has 108 valence electrons. The quantitative estimate of drug-likeness (QED) is 0.647. The molecule has 0 amide bonds. The van der Waals surface area contributed by atoms with E-state index >= 15 is 0 Å². The van der Waals surface area contributed by atoms with Crippen LogP contribution in [0.5, 0.6) is 5.75 Å². The van der Waals surface area contributed by atoms with Crippen molar-refractivity contribution in [2.75, 3.05) is 0 Å². The Morgan fingerprint density at radius 1 is 1.40 bits per heavy atom. The lowest BCUT2D eigenvalue weighted by Crippen LogP contribution is -2.06. The van der Waals surface area contributed by atoms with E-state index in [-0.39, 0.29) is 17.1 Å². The van der Waals surface area contributed by atoms with Gasteiger partial charge in [-0.25, -0.2) is 4.79 Å². The van der Waals surface area contributed by atoms with Crippen molar-refractivity contribution in [3.05, 3.63) is 35.4 Å². The fourth-order valence-electron chi connectivity index (χ4n) is 1.48. The number of hydrogen-bond donors (Lipinski definition) is 1. The van der Waals surface area contributed by atoms with Gasteiger partial charge in [0, 0.05) is 6.08 Å². The van der Waals surface area contributed by atoms with Gasteiger partial charge in [0.1, 0.15) is 11.1 Å². The molecule has 7 heteroatoms. The maximum atomic E-state index is 12.1. The Balaban J connectivity index is 3.22. The predicted molar refractivity (Wildman–Crippen MR) is 69.0 cm³/mol. The third-order valence-corrected chi connectivity index (χ3v) is 2.86. The zero-order chi connectivity index (χ0) is 15.3. The van der Waals surface area contributed by atoms with Crippen LogP contribution in [-0.4, -0.2) is 23.5 Å². The van der Waals surface area contributed by atoms with Crippen LogP contribution in [0.3, 0.4) is 0 Å². The summed E-state index contributed by atoms with van der Waals surface area (Å²) >= 11 is 5.90. The number of benzene rings is 1. The molecule has 1 atom stereocenters. The van der Waals surface area contributed by atoms with Gasteiger partial charge in [-0.1, -0.05) is 6.07 Å². The van der Waals surface area contributed by atoms with E-state index in [2.05, 4.69) is 4.74 Å². The fraction of sp³-hybridized carbons (Fsp3) is 0.231. The summed E-state index contributed by atoms with van der Waals surface area (Å²) in [4.78, 5) is 21.8. The molecule has 1 aromatic rings. The standard InChI is InChI=1S/C13H11ClF2O4/c1-7(17)12(14)10-4-3-9(20-13(15)16)6-8(10)2-5-11(18)19/h2-6,12-13H,1H3,(H,18,19). The van der Waals surface area contributed by atoms with Crippen LogP contribution in [0, 0.1) is 0 Å². The lowest BCUT2D eigenvalue weighted by molar-refractivity contribution is -0.131. The molecular weight excluding hydrogens is 294 g/mol. The molecule has 0 fully saturated rings. The lowest BCUT2D eigenvalue weighted by Gasteiger charge is -2.12. The monoisotopic (exact) mass is 304 g/mol. The summed E-state index contributed by atoms with van der Waals surface area (Å²) in [5.74, 6) is -1.72. The number of carbonyl (C=O) groups excluding carboxylic acids is 1. The van der Waals surface area contributed by atoms with Crippen molar-refractivity contribution in [3.8, 4) is 5.75 Å². The first-order valence-electron chi connectivity index (χ1n) is 5.45. The van der Waals surface area contributed by atoms with Crippen LogP contribution in [0.1, 0.15) is 23.4 Å². The number of carboxylic acid groups (broad SMARTS) is 1. The van der Waals surface area contributed by atoms with E-state index in [1.807, 2.05) is 0 Å². The highest BCUT2D eigenvalue weighted by molar-refractivity contribution is 6.31. The second-order valence-electron chi connectivity index (χ2n) is 3.81. The summed E-state index contributed by atoms with van der Waals surface area (Å²) < 4.78 is 28.5. The average molecular weight is 305 g/mol. The maximum absolute atomic E-state index is 12.1. The molecule has 0 aliphatic carbocycles. The number of alkyl halides is 3. The van der Waals surface area contributed by atoms with Gasteiger partial charge >= 0.3 is 12.6 Å². The molecule has 1 rings (SSSR count). The molecule has 1 N–H and O–H groups in total. The van der Waals surface area contributed by atoms with Gasteiger partial charge < -0.3 is 9.84 Å². The number of rotatable bonds is 6. The normalized spacial score (nSPS) is 12.7. The summed E-state index contributed by atoms with van der Waals surface area (Å²) in [6, 6.07) is 3.77. The van der Waals surface area contributed by atoms with Gasteiger partial charge in [0.15, 0.2) is 5.78 Å². The lowest BCUT2D eigenvalue weighted by atomic mass is 10.0. The van der Waals surface area contributed by atoms with Crippen molar-refractivity contribution in [2.24, 2.45) is 0 Å². The van der Waals surface area contributed by atoms with Crippen LogP contribution in [0.25, 0.3) is 6.08 Å². The number of carboxylic acids is 1. The van der Waals surface area contributed by atoms with Crippen molar-refractivity contribution < 1.29 is 28.2 Å². The molecule has 20 heavy (non-hydrogen) atoms. The second kappa shape index (κ2) is 7.00. The Hall–Kier alpha value is -1.95. The van der Waals surface area contributed by atoms with E-state index in [0.717, 1.165) is 12.2 Å². The minimum atomic E-state index is -3.00. The number of hydrogen-bond acceptors (Lipinski definition) is 3. The third-order valence-electron chi connectivity index (χ3n) is 2.32. The van der Waals surface area contributed by atoms with Gasteiger partial charge in [-0.15, -0.1) is 11.6 Å². The van der Waals surface area contributed by atoms with Crippen molar-refractivity contribution in [3.63, 3.8) is 0 Å². The largest absolute Gasteiger partial charge is 0.478 e. The topological polar surface area (TPSA) is 63.6 Å². The molecule has 1 unspecified atom stereocenters. The fourth-order valence-corrected chi connectivity index (χ4v) is 1.68. The van der Waals surface area contributed by atoms with Crippen molar-refractivity contribution in [1.29, 1.82) is 0 Å². The molecule has 0 aromatic heterocycles. The number of aliphatic carboxylic acids is 1. The predicted octanol–water partition coefficient (Wildman–Crippen LogP) is 3.25. The van der Waals surface area contributed by atoms with Gasteiger partial charge in [0.2, 0.25) is 0 Å². The Kier molecular flexibility index (Phi) is 5.64. The first-order chi connectivity index (χ1) is 9.31. The van der Waals surface area contributed by atoms with Crippen LogP contribution in [-0.2, 0) is 9.59 Å². The zero-order valence-corrected chi connectivity index (χ0v) is 11.1. The van der Waals surface area contributed by atoms with E-state index < -0.39 is 18.0 Å². The second-order valence-corrected chi connectivity index (χ2v) is 4.25. The average Bonchev–Trinajstić information content (AvgIpc) is 2.34. The Bertz CT molecular complexity index is 543. The summed E-state index contributed by atoms with van der Waals surface area (Å²) in [7, 11) is 0. The summed E-state index contributed by atoms with van der Waals surface area (Å²) in [5.41, 5.74) is 0.541. The SMILES string of the molecule is CC(=O)C(Cl)c1ccc(OC(F)F)cc1C=CC(=O)O. The molecule has 4 nitrogen and oxygen atoms in total. The number of carbonyl (C=O) groups is 2. The zero-order valence-electron chi connectivity index (χ0n) is 10.3. The molecular formula is C13H11ClF2O4. The van der Waals surface area contributed by atoms with Crippen LogP contribution in [0.2, 0.25) is 0 Å². The molecule has 1 aromatic carbocycles. The molecule has 0 bridgehead atoms. The van der Waals surface area contributed by atoms with Gasteiger partial charge in [-0.2, -0.15) is 8.78 Å². The number of ketones is 1. The van der Waals surface area contributed by atoms with Crippen LogP contribution >= 0.6 is 11.6 Å². The van der Waals surface area contributed by atoms with Crippen molar-refractivity contribution in [1.82, 2.24) is 0 Å². The van der Waals surface area contributed by atoms with Crippen molar-refractivity contribution in [2.45, 2.75) is 18.9 Å². The molecule has 0 saturated carbocycles. The molecule has 0 saturated heterocycles. The highest BCUT2D eigenvalue weighted by Gasteiger charge is 2.17. The van der Waals surface area contributed by atoms with E-state index in [1.165, 1.54) is 25.1 Å². The first kappa shape index (κ1) is 16.1. The summed E-state index contributed by atoms with van der Waals surface area (Å²) in [6.07, 6.45) is 1.98. The van der Waals surface area contributed by atoms with Gasteiger partial charge in [0.25, 0.3) is 0 Å². The van der Waals surface area contributed by atoms with E-state index in [1.54, 1.807) is 0 Å². The Morgan fingerprint density at radius 2 is 2.05 bits per heavy atom. The van der Waals surface area contributed by atoms with Gasteiger partial charge in [0.05, 0.1) is 0 Å². The highest BCUT2D eigenvalue weighted by Crippen LogP contribution is 2.29. The maximum Gasteiger partial charge on any atom is 0.387 e. The molecule has 0 radical (unpaired) electrons. The minimum absolute atomic E-state index is 0.152. The Labute approximate surface area is 118 Å². The van der Waals surface area contributed by atoms with Crippen LogP contribution < -0.4 is 4.74 Å². The van der Waals surface area contributed by atoms with E-state index in [9.17, 15) is 18.4 Å². The molecule has 0 heterocycles. The third kappa shape index (κ3) is 4.62. The van der Waals surface area contributed by atoms with Gasteiger partial charge in [-0.3, -0.25) is 4.79 Å². The summed E-state index contributed by atoms with van der Waals surface area (Å²) in [6.45, 7) is -1.73.